The van der Waals surface area contributed by atoms with Crippen LogP contribution in [0.25, 0.3) is 0 Å². The first-order chi connectivity index (χ1) is 13.6. The molecule has 1 aromatic carbocycles. The van der Waals surface area contributed by atoms with Crippen LogP contribution in [-0.4, -0.2) is 52.6 Å². The third-order valence-electron chi connectivity index (χ3n) is 4.06. The summed E-state index contributed by atoms with van der Waals surface area (Å²) in [5.74, 6) is 2.28. The Balaban J connectivity index is 0.00000784. The van der Waals surface area contributed by atoms with Crippen molar-refractivity contribution in [2.24, 2.45) is 10.9 Å². The normalized spacial score (nSPS) is 12.4. The zero-order valence-electron chi connectivity index (χ0n) is 18.7. The maximum Gasteiger partial charge on any atom is 0.191 e. The number of halogens is 1. The molecule has 7 heteroatoms. The third kappa shape index (κ3) is 13.7. The van der Waals surface area contributed by atoms with Gasteiger partial charge in [0, 0.05) is 26.8 Å². The predicted molar refractivity (Wildman–Crippen MR) is 132 cm³/mol. The summed E-state index contributed by atoms with van der Waals surface area (Å²) in [6.45, 7) is 12.9. The second kappa shape index (κ2) is 17.8. The van der Waals surface area contributed by atoms with Gasteiger partial charge >= 0.3 is 0 Å². The largest absolute Gasteiger partial charge is 0.493 e. The van der Waals surface area contributed by atoms with Gasteiger partial charge in [-0.15, -0.1) is 24.0 Å². The maximum absolute atomic E-state index is 5.76. The molecule has 2 N–H and O–H groups in total. The lowest BCUT2D eigenvalue weighted by atomic mass is 10.1. The molecule has 1 unspecified atom stereocenters. The highest BCUT2D eigenvalue weighted by Crippen LogP contribution is 2.18. The molecular weight excluding hydrogens is 481 g/mol. The lowest BCUT2D eigenvalue weighted by Crippen LogP contribution is -2.38. The molecule has 0 aliphatic carbocycles. The zero-order valence-corrected chi connectivity index (χ0v) is 21.0. The van der Waals surface area contributed by atoms with E-state index in [0.717, 1.165) is 50.9 Å². The summed E-state index contributed by atoms with van der Waals surface area (Å²) < 4.78 is 16.2. The van der Waals surface area contributed by atoms with E-state index in [1.807, 2.05) is 12.1 Å². The van der Waals surface area contributed by atoms with Crippen LogP contribution >= 0.6 is 24.0 Å². The van der Waals surface area contributed by atoms with E-state index < -0.39 is 0 Å². The molecule has 0 bridgehead atoms. The van der Waals surface area contributed by atoms with E-state index in [4.69, 9.17) is 14.2 Å². The van der Waals surface area contributed by atoms with Gasteiger partial charge in [0.15, 0.2) is 5.96 Å². The Morgan fingerprint density at radius 2 is 1.76 bits per heavy atom. The first-order valence-electron chi connectivity index (χ1n) is 10.4. The van der Waals surface area contributed by atoms with Gasteiger partial charge in [0.1, 0.15) is 5.75 Å². The molecule has 168 valence electrons. The summed E-state index contributed by atoms with van der Waals surface area (Å²) in [6.07, 6.45) is 2.00. The van der Waals surface area contributed by atoms with E-state index >= 15 is 0 Å². The maximum atomic E-state index is 5.76. The smallest absolute Gasteiger partial charge is 0.191 e. The van der Waals surface area contributed by atoms with E-state index in [-0.39, 0.29) is 30.0 Å². The predicted octanol–water partition coefficient (Wildman–Crippen LogP) is 4.40. The monoisotopic (exact) mass is 521 g/mol. The average Bonchev–Trinajstić information content (AvgIpc) is 2.68. The van der Waals surface area contributed by atoms with Gasteiger partial charge in [0.2, 0.25) is 0 Å². The lowest BCUT2D eigenvalue weighted by Gasteiger charge is -2.18. The Hall–Kier alpha value is -1.06. The van der Waals surface area contributed by atoms with E-state index in [9.17, 15) is 0 Å². The Morgan fingerprint density at radius 1 is 1.03 bits per heavy atom. The van der Waals surface area contributed by atoms with E-state index in [2.05, 4.69) is 55.5 Å². The van der Waals surface area contributed by atoms with Crippen LogP contribution in [0.15, 0.2) is 29.3 Å². The average molecular weight is 521 g/mol. The molecule has 1 aromatic rings. The highest BCUT2D eigenvalue weighted by Gasteiger charge is 2.08. The van der Waals surface area contributed by atoms with Gasteiger partial charge in [0.05, 0.1) is 25.9 Å². The number of methoxy groups -OCH3 is 1. The minimum absolute atomic E-state index is 0. The fourth-order valence-corrected chi connectivity index (χ4v) is 2.48. The number of hydrogen-bond donors (Lipinski definition) is 2. The quantitative estimate of drug-likeness (QED) is 0.165. The molecule has 0 aliphatic heterocycles. The van der Waals surface area contributed by atoms with Gasteiger partial charge in [0.25, 0.3) is 0 Å². The number of nitrogens with one attached hydrogen (secondary N) is 2. The topological polar surface area (TPSA) is 64.1 Å². The summed E-state index contributed by atoms with van der Waals surface area (Å²) >= 11 is 0. The highest BCUT2D eigenvalue weighted by atomic mass is 127. The van der Waals surface area contributed by atoms with Gasteiger partial charge in [-0.25, -0.2) is 0 Å². The summed E-state index contributed by atoms with van der Waals surface area (Å²) in [5, 5.41) is 6.79. The third-order valence-corrected chi connectivity index (χ3v) is 4.06. The number of guanidine groups is 1. The van der Waals surface area contributed by atoms with Crippen LogP contribution in [0.5, 0.6) is 5.75 Å². The van der Waals surface area contributed by atoms with Crippen LogP contribution in [-0.2, 0) is 9.47 Å². The molecule has 29 heavy (non-hydrogen) atoms. The van der Waals surface area contributed by atoms with Crippen LogP contribution in [0.3, 0.4) is 0 Å². The number of hydrogen-bond acceptors (Lipinski definition) is 4. The van der Waals surface area contributed by atoms with E-state index in [1.165, 1.54) is 5.56 Å². The number of rotatable bonds is 14. The number of nitrogens with zero attached hydrogens (tertiary/aromatic N) is 1. The SMILES string of the molecule is CCNC(=NCCCCOCCOC)NC(C)c1ccc(OCC(C)C)cc1.I. The van der Waals surface area contributed by atoms with Crippen molar-refractivity contribution >= 4 is 29.9 Å². The number of unbranched alkanes of at least 4 members (excludes halogenated alkanes) is 1. The molecular formula is C22H40IN3O3. The zero-order chi connectivity index (χ0) is 20.6. The van der Waals surface area contributed by atoms with Crippen LogP contribution < -0.4 is 15.4 Å². The van der Waals surface area contributed by atoms with Crippen molar-refractivity contribution in [1.82, 2.24) is 10.6 Å². The van der Waals surface area contributed by atoms with Crippen molar-refractivity contribution < 1.29 is 14.2 Å². The van der Waals surface area contributed by atoms with Crippen LogP contribution in [0.4, 0.5) is 0 Å². The molecule has 0 radical (unpaired) electrons. The summed E-state index contributed by atoms with van der Waals surface area (Å²) in [7, 11) is 1.68. The van der Waals surface area contributed by atoms with Gasteiger partial charge < -0.3 is 24.8 Å². The molecule has 0 saturated heterocycles. The Labute approximate surface area is 194 Å². The minimum Gasteiger partial charge on any atom is -0.493 e. The summed E-state index contributed by atoms with van der Waals surface area (Å²) in [6, 6.07) is 8.43. The van der Waals surface area contributed by atoms with Crippen molar-refractivity contribution in [1.29, 1.82) is 0 Å². The molecule has 0 amide bonds. The first kappa shape index (κ1) is 27.9. The van der Waals surface area contributed by atoms with Crippen molar-refractivity contribution in [2.75, 3.05) is 46.6 Å². The Kier molecular flexibility index (Phi) is 17.1. The highest BCUT2D eigenvalue weighted by molar-refractivity contribution is 14.0. The lowest BCUT2D eigenvalue weighted by molar-refractivity contribution is 0.0690. The minimum atomic E-state index is 0. The van der Waals surface area contributed by atoms with Gasteiger partial charge in [-0.1, -0.05) is 26.0 Å². The van der Waals surface area contributed by atoms with Gasteiger partial charge in [-0.3, -0.25) is 4.99 Å². The molecule has 0 saturated carbocycles. The van der Waals surface area contributed by atoms with Crippen molar-refractivity contribution in [2.45, 2.75) is 46.6 Å². The molecule has 0 spiro atoms. The molecule has 1 atom stereocenters. The standard InChI is InChI=1S/C22H39N3O3.HI/c1-6-23-22(24-13-7-8-14-27-16-15-26-5)25-19(4)20-9-11-21(12-10-20)28-17-18(2)3;/h9-12,18-19H,6-8,13-17H2,1-5H3,(H2,23,24,25);1H. The second-order valence-corrected chi connectivity index (χ2v) is 7.21. The number of aliphatic imine (C=N–C) groups is 1. The van der Waals surface area contributed by atoms with E-state index in [0.29, 0.717) is 19.1 Å². The number of benzene rings is 1. The fraction of sp³-hybridized carbons (Fsp3) is 0.682. The Morgan fingerprint density at radius 3 is 2.38 bits per heavy atom. The first-order valence-corrected chi connectivity index (χ1v) is 10.4. The van der Waals surface area contributed by atoms with Crippen molar-refractivity contribution in [3.8, 4) is 5.75 Å². The van der Waals surface area contributed by atoms with Crippen LogP contribution in [0, 0.1) is 5.92 Å². The number of ether oxygens (including phenoxy) is 3. The molecule has 0 fully saturated rings. The van der Waals surface area contributed by atoms with Gasteiger partial charge in [-0.2, -0.15) is 0 Å². The van der Waals surface area contributed by atoms with E-state index in [1.54, 1.807) is 7.11 Å². The van der Waals surface area contributed by atoms with Crippen LogP contribution in [0.2, 0.25) is 0 Å². The van der Waals surface area contributed by atoms with Crippen molar-refractivity contribution in [3.05, 3.63) is 29.8 Å². The summed E-state index contributed by atoms with van der Waals surface area (Å²) in [4.78, 5) is 4.67. The molecule has 1 rings (SSSR count). The van der Waals surface area contributed by atoms with Gasteiger partial charge in [-0.05, 0) is 50.3 Å². The van der Waals surface area contributed by atoms with Crippen molar-refractivity contribution in [3.63, 3.8) is 0 Å². The van der Waals surface area contributed by atoms with Crippen LogP contribution in [0.1, 0.15) is 52.1 Å². The molecule has 0 aliphatic rings. The second-order valence-electron chi connectivity index (χ2n) is 7.21. The molecule has 0 aromatic heterocycles. The fourth-order valence-electron chi connectivity index (χ4n) is 2.48. The summed E-state index contributed by atoms with van der Waals surface area (Å²) in [5.41, 5.74) is 1.20. The molecule has 0 heterocycles. The Bertz CT molecular complexity index is 539. The molecule has 6 nitrogen and oxygen atoms in total.